The molecule has 2 amide bonds. The Balaban J connectivity index is 1.83. The number of benzene rings is 2. The fraction of sp³-hybridized carbons (Fsp3) is 0.167. The van der Waals surface area contributed by atoms with Gasteiger partial charge in [0.15, 0.2) is 0 Å². The average Bonchev–Trinajstić information content (AvgIpc) is 3.36. The molecule has 158 valence electrons. The number of imide groups is 1. The number of rotatable bonds is 7. The number of anilines is 2. The number of nitrogens with zero attached hydrogens (tertiary/aromatic N) is 1. The van der Waals surface area contributed by atoms with Gasteiger partial charge in [-0.2, -0.15) is 0 Å². The Bertz CT molecular complexity index is 1170. The number of para-hydroxylation sites is 2. The third-order valence-corrected chi connectivity index (χ3v) is 5.76. The maximum absolute atomic E-state index is 13.6. The van der Waals surface area contributed by atoms with Crippen LogP contribution in [0.25, 0.3) is 5.57 Å². The summed E-state index contributed by atoms with van der Waals surface area (Å²) in [5.74, 6) is 0.222. The summed E-state index contributed by atoms with van der Waals surface area (Å²) in [7, 11) is 1.52. The molecule has 1 aromatic heterocycles. The van der Waals surface area contributed by atoms with Gasteiger partial charge in [-0.05, 0) is 55.1 Å². The van der Waals surface area contributed by atoms with Gasteiger partial charge in [0.25, 0.3) is 11.8 Å². The summed E-state index contributed by atoms with van der Waals surface area (Å²) in [5.41, 5.74) is 2.49. The molecule has 0 saturated carbocycles. The molecule has 2 aromatic carbocycles. The summed E-state index contributed by atoms with van der Waals surface area (Å²) < 4.78 is 11.1. The number of hydrogen-bond acceptors (Lipinski definition) is 6. The summed E-state index contributed by atoms with van der Waals surface area (Å²) in [6.07, 6.45) is 0. The summed E-state index contributed by atoms with van der Waals surface area (Å²) in [5, 5.41) is 5.05. The Hall–Kier alpha value is -3.58. The van der Waals surface area contributed by atoms with Crippen LogP contribution in [0, 0.1) is 6.92 Å². The highest BCUT2D eigenvalue weighted by molar-refractivity contribution is 7.11. The van der Waals surface area contributed by atoms with Gasteiger partial charge < -0.3 is 14.8 Å². The maximum atomic E-state index is 13.6. The summed E-state index contributed by atoms with van der Waals surface area (Å²) in [6, 6.07) is 16.4. The normalized spacial score (nSPS) is 13.7. The lowest BCUT2D eigenvalue weighted by Gasteiger charge is -2.19. The van der Waals surface area contributed by atoms with Crippen LogP contribution in [0.1, 0.15) is 17.4 Å². The van der Waals surface area contributed by atoms with Crippen molar-refractivity contribution in [1.29, 1.82) is 0 Å². The van der Waals surface area contributed by atoms with Gasteiger partial charge in [-0.25, -0.2) is 4.90 Å². The van der Waals surface area contributed by atoms with Crippen LogP contribution in [-0.2, 0) is 9.59 Å². The lowest BCUT2D eigenvalue weighted by molar-refractivity contribution is -0.120. The summed E-state index contributed by atoms with van der Waals surface area (Å²) in [4.78, 5) is 29.0. The number of aryl methyl sites for hydroxylation is 1. The Morgan fingerprint density at radius 3 is 2.52 bits per heavy atom. The van der Waals surface area contributed by atoms with Gasteiger partial charge >= 0.3 is 0 Å². The van der Waals surface area contributed by atoms with Crippen molar-refractivity contribution in [2.24, 2.45) is 0 Å². The third-order valence-electron chi connectivity index (χ3n) is 4.87. The van der Waals surface area contributed by atoms with Gasteiger partial charge in [-0.15, -0.1) is 11.3 Å². The predicted molar refractivity (Wildman–Crippen MR) is 123 cm³/mol. The number of carbonyl (C=O) groups excluding carboxylic acids is 2. The second-order valence-corrected chi connectivity index (χ2v) is 7.85. The topological polar surface area (TPSA) is 67.9 Å². The molecule has 0 unspecified atom stereocenters. The zero-order valence-corrected chi connectivity index (χ0v) is 18.3. The number of methoxy groups -OCH3 is 1. The Morgan fingerprint density at radius 2 is 1.81 bits per heavy atom. The molecule has 3 aromatic rings. The first kappa shape index (κ1) is 20.7. The van der Waals surface area contributed by atoms with Crippen molar-refractivity contribution in [3.8, 4) is 11.5 Å². The molecule has 6 nitrogen and oxygen atoms in total. The van der Waals surface area contributed by atoms with Crippen LogP contribution in [0.3, 0.4) is 0 Å². The van der Waals surface area contributed by atoms with Crippen molar-refractivity contribution in [2.75, 3.05) is 23.9 Å². The lowest BCUT2D eigenvalue weighted by Crippen LogP contribution is -2.32. The smallest absolute Gasteiger partial charge is 0.282 e. The molecule has 2 heterocycles. The number of thiophene rings is 1. The van der Waals surface area contributed by atoms with Gasteiger partial charge in [-0.1, -0.05) is 24.3 Å². The second kappa shape index (κ2) is 8.65. The molecule has 4 rings (SSSR count). The highest BCUT2D eigenvalue weighted by Crippen LogP contribution is 2.40. The zero-order valence-electron chi connectivity index (χ0n) is 17.5. The maximum Gasteiger partial charge on any atom is 0.282 e. The average molecular weight is 435 g/mol. The number of carbonyl (C=O) groups is 2. The molecule has 0 fully saturated rings. The zero-order chi connectivity index (χ0) is 22.0. The van der Waals surface area contributed by atoms with Gasteiger partial charge in [0, 0.05) is 4.88 Å². The van der Waals surface area contributed by atoms with Gasteiger partial charge in [0.1, 0.15) is 17.2 Å². The van der Waals surface area contributed by atoms with E-state index in [4.69, 9.17) is 9.47 Å². The molecule has 1 aliphatic rings. The van der Waals surface area contributed by atoms with Crippen LogP contribution in [0.15, 0.2) is 65.7 Å². The molecule has 0 atom stereocenters. The van der Waals surface area contributed by atoms with Gasteiger partial charge in [-0.3, -0.25) is 9.59 Å². The van der Waals surface area contributed by atoms with E-state index in [1.165, 1.54) is 23.3 Å². The van der Waals surface area contributed by atoms with E-state index in [0.29, 0.717) is 39.9 Å². The fourth-order valence-corrected chi connectivity index (χ4v) is 4.24. The van der Waals surface area contributed by atoms with Crippen molar-refractivity contribution in [3.05, 3.63) is 76.1 Å². The molecule has 0 aliphatic carbocycles. The van der Waals surface area contributed by atoms with E-state index >= 15 is 0 Å². The highest BCUT2D eigenvalue weighted by Gasteiger charge is 2.42. The van der Waals surface area contributed by atoms with Gasteiger partial charge in [0.05, 0.1) is 30.7 Å². The van der Waals surface area contributed by atoms with Crippen LogP contribution >= 0.6 is 11.3 Å². The largest absolute Gasteiger partial charge is 0.495 e. The van der Waals surface area contributed by atoms with Crippen molar-refractivity contribution in [1.82, 2.24) is 0 Å². The van der Waals surface area contributed by atoms with Crippen LogP contribution in [0.5, 0.6) is 11.5 Å². The minimum atomic E-state index is -0.441. The standard InChI is InChI=1S/C24H22N2O4S/c1-4-30-18-9-6-5-8-16(18)25-22-21(20-10-7-13-31-20)23(27)26(24(22)28)17-14-15(2)11-12-19(17)29-3/h5-14,25H,4H2,1-3H3. The molecular weight excluding hydrogens is 412 g/mol. The van der Waals surface area contributed by atoms with E-state index < -0.39 is 11.8 Å². The first-order valence-corrected chi connectivity index (χ1v) is 10.7. The van der Waals surface area contributed by atoms with E-state index in [-0.39, 0.29) is 5.70 Å². The van der Waals surface area contributed by atoms with E-state index in [0.717, 1.165) is 5.56 Å². The molecule has 1 aliphatic heterocycles. The van der Waals surface area contributed by atoms with Crippen molar-refractivity contribution < 1.29 is 19.1 Å². The van der Waals surface area contributed by atoms with E-state index in [1.54, 1.807) is 12.1 Å². The SMILES string of the molecule is CCOc1ccccc1NC1=C(c2cccs2)C(=O)N(c2cc(C)ccc2OC)C1=O. The molecule has 0 radical (unpaired) electrons. The molecule has 0 saturated heterocycles. The Labute approximate surface area is 184 Å². The Morgan fingerprint density at radius 1 is 1.00 bits per heavy atom. The van der Waals surface area contributed by atoms with E-state index in [1.807, 2.05) is 61.7 Å². The molecule has 31 heavy (non-hydrogen) atoms. The fourth-order valence-electron chi connectivity index (χ4n) is 3.47. The third kappa shape index (κ3) is 3.80. The van der Waals surface area contributed by atoms with Crippen LogP contribution in [-0.4, -0.2) is 25.5 Å². The lowest BCUT2D eigenvalue weighted by atomic mass is 10.1. The molecule has 0 spiro atoms. The first-order chi connectivity index (χ1) is 15.0. The number of nitrogens with one attached hydrogen (secondary N) is 1. The minimum Gasteiger partial charge on any atom is -0.495 e. The highest BCUT2D eigenvalue weighted by atomic mass is 32.1. The van der Waals surface area contributed by atoms with Gasteiger partial charge in [0.2, 0.25) is 0 Å². The van der Waals surface area contributed by atoms with Crippen LogP contribution in [0.4, 0.5) is 11.4 Å². The van der Waals surface area contributed by atoms with Crippen molar-refractivity contribution in [3.63, 3.8) is 0 Å². The van der Waals surface area contributed by atoms with Crippen molar-refractivity contribution >= 4 is 40.1 Å². The number of ether oxygens (including phenoxy) is 2. The number of hydrogen-bond donors (Lipinski definition) is 1. The minimum absolute atomic E-state index is 0.211. The summed E-state index contributed by atoms with van der Waals surface area (Å²) in [6.45, 7) is 4.28. The molecule has 1 N–H and O–H groups in total. The predicted octanol–water partition coefficient (Wildman–Crippen LogP) is 4.86. The van der Waals surface area contributed by atoms with E-state index in [9.17, 15) is 9.59 Å². The Kier molecular flexibility index (Phi) is 5.77. The first-order valence-electron chi connectivity index (χ1n) is 9.85. The van der Waals surface area contributed by atoms with E-state index in [2.05, 4.69) is 5.32 Å². The molecular formula is C24H22N2O4S. The van der Waals surface area contributed by atoms with Crippen LogP contribution in [0.2, 0.25) is 0 Å². The number of amides is 2. The second-order valence-electron chi connectivity index (χ2n) is 6.90. The molecule has 0 bridgehead atoms. The van der Waals surface area contributed by atoms with Crippen LogP contribution < -0.4 is 19.7 Å². The van der Waals surface area contributed by atoms with Crippen molar-refractivity contribution in [2.45, 2.75) is 13.8 Å². The monoisotopic (exact) mass is 434 g/mol. The quantitative estimate of drug-likeness (QED) is 0.538. The molecule has 7 heteroatoms. The summed E-state index contributed by atoms with van der Waals surface area (Å²) >= 11 is 1.40.